The molecule has 0 atom stereocenters. The molecule has 0 N–H and O–H groups in total. The van der Waals surface area contributed by atoms with Crippen LogP contribution in [0.4, 0.5) is 0 Å². The van der Waals surface area contributed by atoms with Gasteiger partial charge >= 0.3 is 5.69 Å². The Morgan fingerprint density at radius 1 is 1.16 bits per heavy atom. The summed E-state index contributed by atoms with van der Waals surface area (Å²) in [6.45, 7) is 2.90. The van der Waals surface area contributed by atoms with E-state index in [1.165, 1.54) is 10.6 Å². The highest BCUT2D eigenvalue weighted by Crippen LogP contribution is 2.15. The van der Waals surface area contributed by atoms with E-state index in [1.807, 2.05) is 31.2 Å². The van der Waals surface area contributed by atoms with Gasteiger partial charge < -0.3 is 4.57 Å². The van der Waals surface area contributed by atoms with Crippen LogP contribution in [0.15, 0.2) is 50.6 Å². The smallest absolute Gasteiger partial charge is 0.300 e. The number of nitrogens with zero attached hydrogens (tertiary/aromatic N) is 2. The summed E-state index contributed by atoms with van der Waals surface area (Å²) in [6.07, 6.45) is 2.41. The molecule has 0 radical (unpaired) electrons. The van der Waals surface area contributed by atoms with Crippen molar-refractivity contribution in [3.8, 4) is 0 Å². The number of hydrogen-bond donors (Lipinski definition) is 0. The maximum Gasteiger partial charge on any atom is 0.331 e. The van der Waals surface area contributed by atoms with Crippen LogP contribution in [0.2, 0.25) is 0 Å². The lowest BCUT2D eigenvalue weighted by Crippen LogP contribution is -2.39. The Morgan fingerprint density at radius 2 is 1.89 bits per heavy atom. The molecule has 0 amide bonds. The van der Waals surface area contributed by atoms with Crippen molar-refractivity contribution in [2.45, 2.75) is 26.4 Å². The summed E-state index contributed by atoms with van der Waals surface area (Å²) in [6, 6.07) is 9.02. The monoisotopic (exact) mass is 322 g/mol. The van der Waals surface area contributed by atoms with Crippen LogP contribution in [0.3, 0.4) is 0 Å². The van der Waals surface area contributed by atoms with E-state index in [-0.39, 0.29) is 17.8 Å². The summed E-state index contributed by atoms with van der Waals surface area (Å²) in [4.78, 5) is 24.1. The highest BCUT2D eigenvalue weighted by molar-refractivity contribution is 9.10. The normalized spacial score (nSPS) is 10.6. The van der Waals surface area contributed by atoms with E-state index < -0.39 is 0 Å². The Morgan fingerprint density at radius 3 is 2.58 bits per heavy atom. The van der Waals surface area contributed by atoms with Gasteiger partial charge in [0.15, 0.2) is 0 Å². The first-order chi connectivity index (χ1) is 9.13. The summed E-state index contributed by atoms with van der Waals surface area (Å²) in [7, 11) is 0. The molecule has 0 unspecified atom stereocenters. The molecular weight excluding hydrogens is 308 g/mol. The van der Waals surface area contributed by atoms with Gasteiger partial charge in [0.2, 0.25) is 0 Å². The number of aromatic nitrogens is 2. The molecule has 1 heterocycles. The summed E-state index contributed by atoms with van der Waals surface area (Å²) < 4.78 is 3.72. The van der Waals surface area contributed by atoms with E-state index in [1.54, 1.807) is 10.8 Å². The largest absolute Gasteiger partial charge is 0.331 e. The fourth-order valence-electron chi connectivity index (χ4n) is 1.91. The van der Waals surface area contributed by atoms with E-state index >= 15 is 0 Å². The molecule has 0 bridgehead atoms. The summed E-state index contributed by atoms with van der Waals surface area (Å²) >= 11 is 3.43. The first kappa shape index (κ1) is 13.8. The maximum absolute atomic E-state index is 12.2. The van der Waals surface area contributed by atoms with Gasteiger partial charge in [-0.15, -0.1) is 0 Å². The van der Waals surface area contributed by atoms with Crippen molar-refractivity contribution in [2.24, 2.45) is 0 Å². The topological polar surface area (TPSA) is 44.0 Å². The Hall–Kier alpha value is -1.62. The molecule has 100 valence electrons. The van der Waals surface area contributed by atoms with Crippen molar-refractivity contribution >= 4 is 15.9 Å². The van der Waals surface area contributed by atoms with E-state index in [9.17, 15) is 9.59 Å². The van der Waals surface area contributed by atoms with Crippen LogP contribution in [0, 0.1) is 0 Å². The van der Waals surface area contributed by atoms with Gasteiger partial charge in [-0.25, -0.2) is 4.79 Å². The number of benzene rings is 1. The summed E-state index contributed by atoms with van der Waals surface area (Å²) in [5.74, 6) is 0. The van der Waals surface area contributed by atoms with Crippen LogP contribution in [-0.4, -0.2) is 9.13 Å². The highest BCUT2D eigenvalue weighted by atomic mass is 79.9. The van der Waals surface area contributed by atoms with Crippen LogP contribution in [0.25, 0.3) is 0 Å². The predicted octanol–water partition coefficient (Wildman–Crippen LogP) is 2.23. The third kappa shape index (κ3) is 3.04. The molecule has 0 aliphatic heterocycles. The molecule has 2 rings (SSSR count). The van der Waals surface area contributed by atoms with Crippen LogP contribution in [-0.2, 0) is 13.1 Å². The second-order valence-corrected chi connectivity index (χ2v) is 5.16. The Kier molecular flexibility index (Phi) is 4.37. The van der Waals surface area contributed by atoms with Gasteiger partial charge in [-0.05, 0) is 18.1 Å². The average Bonchev–Trinajstić information content (AvgIpc) is 2.40. The van der Waals surface area contributed by atoms with Gasteiger partial charge in [0, 0.05) is 23.3 Å². The van der Waals surface area contributed by atoms with Gasteiger partial charge in [0.25, 0.3) is 5.56 Å². The molecule has 1 aromatic carbocycles. The fraction of sp³-hybridized carbons (Fsp3) is 0.286. The Balaban J connectivity index is 2.46. The minimum Gasteiger partial charge on any atom is -0.300 e. The quantitative estimate of drug-likeness (QED) is 0.866. The summed E-state index contributed by atoms with van der Waals surface area (Å²) in [5.41, 5.74) is 0.383. The molecule has 1 aromatic heterocycles. The lowest BCUT2D eigenvalue weighted by atomic mass is 10.2. The second-order valence-electron chi connectivity index (χ2n) is 4.31. The van der Waals surface area contributed by atoms with E-state index in [2.05, 4.69) is 15.9 Å². The molecule has 0 aliphatic rings. The molecule has 0 aliphatic carbocycles. The molecule has 0 saturated carbocycles. The molecular formula is C14H15BrN2O2. The molecule has 0 fully saturated rings. The maximum atomic E-state index is 12.2. The van der Waals surface area contributed by atoms with E-state index in [0.717, 1.165) is 16.5 Å². The third-order valence-electron chi connectivity index (χ3n) is 2.89. The molecule has 2 aromatic rings. The zero-order valence-corrected chi connectivity index (χ0v) is 12.3. The Labute approximate surface area is 119 Å². The minimum absolute atomic E-state index is 0.259. The zero-order chi connectivity index (χ0) is 13.8. The van der Waals surface area contributed by atoms with Gasteiger partial charge in [0.05, 0.1) is 6.54 Å². The van der Waals surface area contributed by atoms with Crippen molar-refractivity contribution in [1.82, 2.24) is 9.13 Å². The van der Waals surface area contributed by atoms with Crippen LogP contribution in [0.5, 0.6) is 0 Å². The number of aryl methyl sites for hydroxylation is 1. The van der Waals surface area contributed by atoms with Crippen molar-refractivity contribution in [3.05, 3.63) is 67.4 Å². The predicted molar refractivity (Wildman–Crippen MR) is 78.5 cm³/mol. The van der Waals surface area contributed by atoms with Gasteiger partial charge in [-0.1, -0.05) is 41.1 Å². The first-order valence-corrected chi connectivity index (χ1v) is 6.96. The lowest BCUT2D eigenvalue weighted by molar-refractivity contribution is 0.570. The zero-order valence-electron chi connectivity index (χ0n) is 10.7. The van der Waals surface area contributed by atoms with Crippen LogP contribution < -0.4 is 11.2 Å². The van der Waals surface area contributed by atoms with Crippen molar-refractivity contribution < 1.29 is 0 Å². The van der Waals surface area contributed by atoms with E-state index in [0.29, 0.717) is 6.54 Å². The van der Waals surface area contributed by atoms with Crippen molar-refractivity contribution in [2.75, 3.05) is 0 Å². The fourth-order valence-corrected chi connectivity index (χ4v) is 2.32. The first-order valence-electron chi connectivity index (χ1n) is 6.17. The van der Waals surface area contributed by atoms with Crippen molar-refractivity contribution in [1.29, 1.82) is 0 Å². The number of halogens is 1. The number of hydrogen-bond acceptors (Lipinski definition) is 2. The molecule has 0 saturated heterocycles. The Bertz CT molecular complexity index is 688. The van der Waals surface area contributed by atoms with Crippen molar-refractivity contribution in [3.63, 3.8) is 0 Å². The third-order valence-corrected chi connectivity index (χ3v) is 3.66. The van der Waals surface area contributed by atoms with E-state index in [4.69, 9.17) is 0 Å². The summed E-state index contributed by atoms with van der Waals surface area (Å²) in [5, 5.41) is 0. The molecule has 5 heteroatoms. The van der Waals surface area contributed by atoms with Crippen LogP contribution >= 0.6 is 15.9 Å². The standard InChI is InChI=1S/C14H15BrN2O2/c1-2-8-16-9-7-13(18)17(14(16)19)10-11-5-3-4-6-12(11)15/h3-7,9H,2,8,10H2,1H3. The number of rotatable bonds is 4. The van der Waals surface area contributed by atoms with Gasteiger partial charge in [-0.3, -0.25) is 9.36 Å². The average molecular weight is 323 g/mol. The second kappa shape index (κ2) is 6.02. The molecule has 0 spiro atoms. The highest BCUT2D eigenvalue weighted by Gasteiger charge is 2.07. The van der Waals surface area contributed by atoms with Gasteiger partial charge in [0.1, 0.15) is 0 Å². The minimum atomic E-state index is -0.270. The molecule has 4 nitrogen and oxygen atoms in total. The lowest BCUT2D eigenvalue weighted by Gasteiger charge is -2.10. The van der Waals surface area contributed by atoms with Gasteiger partial charge in [-0.2, -0.15) is 0 Å². The van der Waals surface area contributed by atoms with Crippen LogP contribution in [0.1, 0.15) is 18.9 Å². The molecule has 19 heavy (non-hydrogen) atoms. The SMILES string of the molecule is CCCn1ccc(=O)n(Cc2ccccc2Br)c1=O.